The minimum Gasteiger partial charge on any atom is -0.394 e. The smallest absolute Gasteiger partial charge is 0.148 e. The molecule has 16 heavy (non-hydrogen) atoms. The van der Waals surface area contributed by atoms with Crippen LogP contribution >= 0.6 is 0 Å². The molecule has 0 aromatic carbocycles. The van der Waals surface area contributed by atoms with Gasteiger partial charge >= 0.3 is 0 Å². The SMILES string of the molecule is COC1CCCC1Nc1c(N)c(C)nn1C. The van der Waals surface area contributed by atoms with Gasteiger partial charge in [-0.3, -0.25) is 4.68 Å². The van der Waals surface area contributed by atoms with Crippen LogP contribution in [0.3, 0.4) is 0 Å². The van der Waals surface area contributed by atoms with Crippen LogP contribution in [0, 0.1) is 6.92 Å². The molecule has 5 heteroatoms. The lowest BCUT2D eigenvalue weighted by atomic mass is 10.2. The number of aryl methyl sites for hydroxylation is 2. The summed E-state index contributed by atoms with van der Waals surface area (Å²) < 4.78 is 7.25. The summed E-state index contributed by atoms with van der Waals surface area (Å²) in [5.41, 5.74) is 7.59. The molecule has 1 saturated carbocycles. The zero-order chi connectivity index (χ0) is 11.7. The summed E-state index contributed by atoms with van der Waals surface area (Å²) in [6.45, 7) is 1.92. The molecule has 5 nitrogen and oxygen atoms in total. The third-order valence-electron chi connectivity index (χ3n) is 3.35. The maximum absolute atomic E-state index is 5.98. The average molecular weight is 224 g/mol. The number of nitrogens with one attached hydrogen (secondary N) is 1. The van der Waals surface area contributed by atoms with Gasteiger partial charge in [0.05, 0.1) is 23.5 Å². The van der Waals surface area contributed by atoms with Gasteiger partial charge in [0.1, 0.15) is 5.82 Å². The third kappa shape index (κ3) is 1.87. The van der Waals surface area contributed by atoms with E-state index < -0.39 is 0 Å². The maximum Gasteiger partial charge on any atom is 0.148 e. The van der Waals surface area contributed by atoms with Crippen molar-refractivity contribution in [2.75, 3.05) is 18.2 Å². The molecule has 0 spiro atoms. The van der Waals surface area contributed by atoms with Crippen LogP contribution in [0.5, 0.6) is 0 Å². The fraction of sp³-hybridized carbons (Fsp3) is 0.727. The number of anilines is 2. The second-order valence-electron chi connectivity index (χ2n) is 4.43. The standard InChI is InChI=1S/C11H20N4O/c1-7-10(12)11(15(2)14-7)13-8-5-4-6-9(8)16-3/h8-9,13H,4-6,12H2,1-3H3. The minimum absolute atomic E-state index is 0.287. The molecule has 0 bridgehead atoms. The first-order valence-corrected chi connectivity index (χ1v) is 5.72. The molecule has 1 aromatic rings. The molecule has 1 aliphatic carbocycles. The predicted octanol–water partition coefficient (Wildman–Crippen LogP) is 1.29. The first-order chi connectivity index (χ1) is 7.63. The van der Waals surface area contributed by atoms with Crippen LogP contribution in [-0.4, -0.2) is 29.0 Å². The number of methoxy groups -OCH3 is 1. The monoisotopic (exact) mass is 224 g/mol. The number of rotatable bonds is 3. The van der Waals surface area contributed by atoms with E-state index in [0.29, 0.717) is 6.04 Å². The van der Waals surface area contributed by atoms with Gasteiger partial charge in [-0.25, -0.2) is 0 Å². The number of hydrogen-bond donors (Lipinski definition) is 2. The third-order valence-corrected chi connectivity index (χ3v) is 3.35. The largest absolute Gasteiger partial charge is 0.394 e. The zero-order valence-corrected chi connectivity index (χ0v) is 10.2. The Kier molecular flexibility index (Phi) is 3.05. The second-order valence-corrected chi connectivity index (χ2v) is 4.43. The molecule has 0 amide bonds. The number of nitrogens with zero attached hydrogens (tertiary/aromatic N) is 2. The number of hydrogen-bond acceptors (Lipinski definition) is 4. The molecule has 90 valence electrons. The van der Waals surface area contributed by atoms with Gasteiger partial charge in [-0.2, -0.15) is 5.10 Å². The Morgan fingerprint density at radius 2 is 2.25 bits per heavy atom. The van der Waals surface area contributed by atoms with Crippen molar-refractivity contribution in [2.24, 2.45) is 7.05 Å². The second kappa shape index (κ2) is 4.33. The summed E-state index contributed by atoms with van der Waals surface area (Å²) in [5, 5.41) is 7.74. The van der Waals surface area contributed by atoms with Crippen molar-refractivity contribution < 1.29 is 4.74 Å². The highest BCUT2D eigenvalue weighted by molar-refractivity contribution is 5.65. The average Bonchev–Trinajstić information content (AvgIpc) is 2.79. The minimum atomic E-state index is 0.287. The molecule has 0 saturated heterocycles. The van der Waals surface area contributed by atoms with Gasteiger partial charge in [0.15, 0.2) is 0 Å². The predicted molar refractivity (Wildman–Crippen MR) is 64.4 cm³/mol. The van der Waals surface area contributed by atoms with Gasteiger partial charge in [-0.05, 0) is 26.2 Å². The molecular formula is C11H20N4O. The highest BCUT2D eigenvalue weighted by Crippen LogP contribution is 2.28. The summed E-state index contributed by atoms with van der Waals surface area (Å²) in [7, 11) is 3.67. The number of ether oxygens (including phenoxy) is 1. The molecule has 1 heterocycles. The van der Waals surface area contributed by atoms with Crippen LogP contribution in [-0.2, 0) is 11.8 Å². The van der Waals surface area contributed by atoms with Crippen LogP contribution in [0.25, 0.3) is 0 Å². The lowest BCUT2D eigenvalue weighted by Crippen LogP contribution is -2.30. The van der Waals surface area contributed by atoms with Crippen LogP contribution in [0.1, 0.15) is 25.0 Å². The Morgan fingerprint density at radius 3 is 2.81 bits per heavy atom. The van der Waals surface area contributed by atoms with E-state index in [4.69, 9.17) is 10.5 Å². The van der Waals surface area contributed by atoms with E-state index in [1.54, 1.807) is 11.8 Å². The fourth-order valence-electron chi connectivity index (χ4n) is 2.39. The van der Waals surface area contributed by atoms with Gasteiger partial charge in [0.25, 0.3) is 0 Å². The van der Waals surface area contributed by atoms with E-state index in [-0.39, 0.29) is 6.10 Å². The Bertz CT molecular complexity index is 374. The van der Waals surface area contributed by atoms with Crippen LogP contribution < -0.4 is 11.1 Å². The first kappa shape index (κ1) is 11.3. The molecule has 1 aromatic heterocycles. The van der Waals surface area contributed by atoms with Crippen LogP contribution in [0.2, 0.25) is 0 Å². The topological polar surface area (TPSA) is 65.1 Å². The quantitative estimate of drug-likeness (QED) is 0.812. The molecule has 2 unspecified atom stereocenters. The van der Waals surface area contributed by atoms with Gasteiger partial charge in [0.2, 0.25) is 0 Å². The van der Waals surface area contributed by atoms with E-state index in [9.17, 15) is 0 Å². The van der Waals surface area contributed by atoms with Crippen molar-refractivity contribution in [3.05, 3.63) is 5.69 Å². The highest BCUT2D eigenvalue weighted by Gasteiger charge is 2.28. The summed E-state index contributed by atoms with van der Waals surface area (Å²) in [4.78, 5) is 0. The van der Waals surface area contributed by atoms with Crippen molar-refractivity contribution in [3.8, 4) is 0 Å². The zero-order valence-electron chi connectivity index (χ0n) is 10.2. The number of nitrogens with two attached hydrogens (primary N) is 1. The Balaban J connectivity index is 2.14. The lowest BCUT2D eigenvalue weighted by molar-refractivity contribution is 0.101. The Labute approximate surface area is 96.0 Å². The van der Waals surface area contributed by atoms with Crippen LogP contribution in [0.15, 0.2) is 0 Å². The molecule has 0 radical (unpaired) electrons. The molecule has 3 N–H and O–H groups in total. The fourth-order valence-corrected chi connectivity index (χ4v) is 2.39. The van der Waals surface area contributed by atoms with Crippen molar-refractivity contribution in [2.45, 2.75) is 38.3 Å². The first-order valence-electron chi connectivity index (χ1n) is 5.72. The molecule has 2 rings (SSSR count). The van der Waals surface area contributed by atoms with E-state index in [1.807, 2.05) is 14.0 Å². The van der Waals surface area contributed by atoms with E-state index in [1.165, 1.54) is 6.42 Å². The van der Waals surface area contributed by atoms with Crippen molar-refractivity contribution in [3.63, 3.8) is 0 Å². The molecular weight excluding hydrogens is 204 g/mol. The van der Waals surface area contributed by atoms with E-state index >= 15 is 0 Å². The normalized spacial score (nSPS) is 24.9. The summed E-state index contributed by atoms with van der Waals surface area (Å²) in [5.74, 6) is 0.909. The van der Waals surface area contributed by atoms with E-state index in [0.717, 1.165) is 30.0 Å². The van der Waals surface area contributed by atoms with Crippen molar-refractivity contribution >= 4 is 11.5 Å². The maximum atomic E-state index is 5.98. The molecule has 1 fully saturated rings. The van der Waals surface area contributed by atoms with Gasteiger partial charge in [-0.15, -0.1) is 0 Å². The van der Waals surface area contributed by atoms with E-state index in [2.05, 4.69) is 10.4 Å². The van der Waals surface area contributed by atoms with Crippen molar-refractivity contribution in [1.29, 1.82) is 0 Å². The molecule has 2 atom stereocenters. The number of aromatic nitrogens is 2. The van der Waals surface area contributed by atoms with Gasteiger partial charge in [0, 0.05) is 14.2 Å². The Morgan fingerprint density at radius 1 is 1.50 bits per heavy atom. The Hall–Kier alpha value is -1.23. The van der Waals surface area contributed by atoms with Gasteiger partial charge < -0.3 is 15.8 Å². The van der Waals surface area contributed by atoms with Crippen LogP contribution in [0.4, 0.5) is 11.5 Å². The number of nitrogen functional groups attached to an aromatic ring is 1. The van der Waals surface area contributed by atoms with Crippen molar-refractivity contribution in [1.82, 2.24) is 9.78 Å². The lowest BCUT2D eigenvalue weighted by Gasteiger charge is -2.21. The molecule has 0 aliphatic heterocycles. The summed E-state index contributed by atoms with van der Waals surface area (Å²) in [6, 6.07) is 0.349. The van der Waals surface area contributed by atoms with Gasteiger partial charge in [-0.1, -0.05) is 0 Å². The summed E-state index contributed by atoms with van der Waals surface area (Å²) in [6.07, 6.45) is 3.73. The molecule has 1 aliphatic rings. The highest BCUT2D eigenvalue weighted by atomic mass is 16.5. The summed E-state index contributed by atoms with van der Waals surface area (Å²) >= 11 is 0.